The number of aryl methyl sites for hydroxylation is 2. The molecule has 1 N–H and O–H groups in total. The number of carboxylic acids is 1. The summed E-state index contributed by atoms with van der Waals surface area (Å²) >= 11 is 15.1. The highest BCUT2D eigenvalue weighted by Crippen LogP contribution is 2.33. The molecule has 0 spiro atoms. The van der Waals surface area contributed by atoms with Crippen molar-refractivity contribution in [1.82, 2.24) is 0 Å². The smallest absolute Gasteiger partial charge is 0.318 e. The molecule has 0 radical (unpaired) electrons. The van der Waals surface area contributed by atoms with E-state index in [9.17, 15) is 19.2 Å². The number of ketones is 2. The minimum atomic E-state index is -2.09. The van der Waals surface area contributed by atoms with Crippen LogP contribution in [0.15, 0.2) is 36.4 Å². The summed E-state index contributed by atoms with van der Waals surface area (Å²) in [6, 6.07) is 9.00. The van der Waals surface area contributed by atoms with E-state index in [1.165, 1.54) is 24.3 Å². The van der Waals surface area contributed by atoms with Gasteiger partial charge in [0.15, 0.2) is 5.78 Å². The maximum atomic E-state index is 13.2. The molecule has 6 nitrogen and oxygen atoms in total. The summed E-state index contributed by atoms with van der Waals surface area (Å²) in [4.78, 5) is 48.8. The van der Waals surface area contributed by atoms with Gasteiger partial charge in [-0.05, 0) is 77.3 Å². The van der Waals surface area contributed by atoms with Gasteiger partial charge in [0.2, 0.25) is 10.3 Å². The monoisotopic (exact) mass is 514 g/mol. The zero-order chi connectivity index (χ0) is 22.6. The Morgan fingerprint density at radius 1 is 0.967 bits per heavy atom. The molecule has 0 bridgehead atoms. The molecule has 2 rings (SSSR count). The Balaban J connectivity index is 2.41. The van der Waals surface area contributed by atoms with Crippen LogP contribution in [0.4, 0.5) is 0 Å². The van der Waals surface area contributed by atoms with Crippen LogP contribution in [0.2, 0.25) is 10.0 Å². The lowest BCUT2D eigenvalue weighted by Gasteiger charge is -2.26. The molecule has 0 heterocycles. The van der Waals surface area contributed by atoms with Crippen molar-refractivity contribution in [1.29, 1.82) is 0 Å². The Hall–Kier alpha value is -2.22. The van der Waals surface area contributed by atoms with Crippen LogP contribution in [-0.4, -0.2) is 33.1 Å². The molecule has 1 atom stereocenters. The zero-order valence-electron chi connectivity index (χ0n) is 16.0. The third-order valence-electron chi connectivity index (χ3n) is 4.20. The molecule has 0 amide bonds. The molecule has 0 aliphatic carbocycles. The van der Waals surface area contributed by atoms with E-state index in [0.29, 0.717) is 21.2 Å². The van der Waals surface area contributed by atoms with Gasteiger partial charge in [-0.1, -0.05) is 23.2 Å². The summed E-state index contributed by atoms with van der Waals surface area (Å²) in [6.07, 6.45) is -1.52. The second-order valence-corrected chi connectivity index (χ2v) is 8.73. The Morgan fingerprint density at radius 3 is 1.97 bits per heavy atom. The average Bonchev–Trinajstić information content (AvgIpc) is 2.64. The second-order valence-electron chi connectivity index (χ2n) is 6.63. The van der Waals surface area contributed by atoms with Crippen LogP contribution in [0.25, 0.3) is 0 Å². The van der Waals surface area contributed by atoms with Crippen LogP contribution in [-0.2, 0) is 14.3 Å². The molecule has 2 aromatic rings. The van der Waals surface area contributed by atoms with Crippen molar-refractivity contribution in [3.05, 3.63) is 68.7 Å². The first kappa shape index (κ1) is 24.1. The van der Waals surface area contributed by atoms with Crippen LogP contribution in [0.1, 0.15) is 44.7 Å². The van der Waals surface area contributed by atoms with E-state index in [4.69, 9.17) is 33.0 Å². The molecule has 158 valence electrons. The molecule has 0 aromatic heterocycles. The third kappa shape index (κ3) is 5.90. The summed E-state index contributed by atoms with van der Waals surface area (Å²) in [7, 11) is 0. The predicted molar refractivity (Wildman–Crippen MR) is 116 cm³/mol. The first-order chi connectivity index (χ1) is 13.9. The minimum absolute atomic E-state index is 0.136. The predicted octanol–water partition coefficient (Wildman–Crippen LogP) is 5.18. The molecule has 0 aliphatic heterocycles. The molecule has 0 saturated heterocycles. The Bertz CT molecular complexity index is 1040. The van der Waals surface area contributed by atoms with E-state index >= 15 is 0 Å². The van der Waals surface area contributed by atoms with E-state index in [2.05, 4.69) is 15.9 Å². The van der Waals surface area contributed by atoms with Gasteiger partial charge >= 0.3 is 11.9 Å². The normalized spacial score (nSPS) is 12.7. The van der Waals surface area contributed by atoms with Gasteiger partial charge in [-0.3, -0.25) is 19.2 Å². The van der Waals surface area contributed by atoms with Crippen molar-refractivity contribution in [2.24, 2.45) is 0 Å². The molecule has 1 unspecified atom stereocenters. The van der Waals surface area contributed by atoms with Gasteiger partial charge in [-0.15, -0.1) is 0 Å². The van der Waals surface area contributed by atoms with Crippen molar-refractivity contribution in [3.63, 3.8) is 0 Å². The number of hydrogen-bond acceptors (Lipinski definition) is 5. The molecule has 0 fully saturated rings. The molecule has 2 aromatic carbocycles. The average molecular weight is 516 g/mol. The summed E-state index contributed by atoms with van der Waals surface area (Å²) in [5.41, 5.74) is 1.66. The number of benzene rings is 2. The fraction of sp³-hybridized carbons (Fsp3) is 0.238. The Morgan fingerprint density at radius 2 is 1.47 bits per heavy atom. The van der Waals surface area contributed by atoms with Crippen molar-refractivity contribution < 1.29 is 29.0 Å². The number of hydrogen-bond donors (Lipinski definition) is 1. The van der Waals surface area contributed by atoms with Crippen molar-refractivity contribution in [3.8, 4) is 0 Å². The number of Topliss-reactive ketones (excluding diaryl/α,β-unsaturated/α-hetero) is 2. The van der Waals surface area contributed by atoms with Crippen LogP contribution in [0.3, 0.4) is 0 Å². The van der Waals surface area contributed by atoms with E-state index < -0.39 is 40.9 Å². The largest absolute Gasteiger partial charge is 0.481 e. The highest BCUT2D eigenvalue weighted by atomic mass is 79.9. The van der Waals surface area contributed by atoms with E-state index in [0.717, 1.165) is 0 Å². The number of rotatable bonds is 8. The van der Waals surface area contributed by atoms with Gasteiger partial charge < -0.3 is 9.84 Å². The number of aliphatic carboxylic acids is 1. The molecular formula is C21H17BrCl2O6. The lowest BCUT2D eigenvalue weighted by molar-refractivity contribution is -0.154. The topological polar surface area (TPSA) is 97.7 Å². The summed E-state index contributed by atoms with van der Waals surface area (Å²) in [5, 5.41) is 9.73. The minimum Gasteiger partial charge on any atom is -0.481 e. The van der Waals surface area contributed by atoms with E-state index in [-0.39, 0.29) is 11.1 Å². The van der Waals surface area contributed by atoms with Crippen LogP contribution < -0.4 is 0 Å². The number of esters is 1. The number of carbonyl (C=O) groups excluding carboxylic acids is 3. The van der Waals surface area contributed by atoms with Crippen molar-refractivity contribution in [2.75, 3.05) is 0 Å². The first-order valence-corrected chi connectivity index (χ1v) is 10.2. The van der Waals surface area contributed by atoms with Crippen LogP contribution >= 0.6 is 39.1 Å². The SMILES string of the molecule is Cc1cc(C(=O)CC(Br)(OC(=O)CC(=O)O)C(=O)c2ccc(Cl)c(C)c2)ccc1Cl. The highest BCUT2D eigenvalue weighted by molar-refractivity contribution is 9.10. The fourth-order valence-corrected chi connectivity index (χ4v) is 3.53. The highest BCUT2D eigenvalue weighted by Gasteiger charge is 2.43. The van der Waals surface area contributed by atoms with Crippen molar-refractivity contribution in [2.45, 2.75) is 31.2 Å². The van der Waals surface area contributed by atoms with E-state index in [1.54, 1.807) is 26.0 Å². The quantitative estimate of drug-likeness (QED) is 0.225. The fourth-order valence-electron chi connectivity index (χ4n) is 2.63. The standard InChI is InChI=1S/C21H17BrCl2O6/c1-11-7-13(3-5-15(11)23)17(25)10-21(22,30-19(28)9-18(26)27)20(29)14-4-6-16(24)12(2)8-14/h3-8H,9-10H2,1-2H3,(H,26,27). The number of carboxylic acid groups (broad SMARTS) is 1. The Kier molecular flexibility index (Phi) is 7.80. The maximum Gasteiger partial charge on any atom is 0.318 e. The van der Waals surface area contributed by atoms with Crippen molar-refractivity contribution >= 4 is 62.6 Å². The third-order valence-corrected chi connectivity index (χ3v) is 5.85. The number of ether oxygens (including phenoxy) is 1. The van der Waals surface area contributed by atoms with Gasteiger partial charge in [0.25, 0.3) is 0 Å². The van der Waals surface area contributed by atoms with Gasteiger partial charge in [-0.2, -0.15) is 0 Å². The Labute approximate surface area is 191 Å². The summed E-state index contributed by atoms with van der Waals surface area (Å²) in [5.74, 6) is -3.82. The second kappa shape index (κ2) is 9.73. The number of carbonyl (C=O) groups is 4. The molecule has 0 aliphatic rings. The van der Waals surface area contributed by atoms with Gasteiger partial charge in [0.05, 0.1) is 6.42 Å². The van der Waals surface area contributed by atoms with Crippen LogP contribution in [0, 0.1) is 13.8 Å². The van der Waals surface area contributed by atoms with Gasteiger partial charge in [0.1, 0.15) is 6.42 Å². The number of halogens is 3. The molecule has 30 heavy (non-hydrogen) atoms. The summed E-state index contributed by atoms with van der Waals surface area (Å²) in [6.45, 7) is 3.40. The van der Waals surface area contributed by atoms with Crippen LogP contribution in [0.5, 0.6) is 0 Å². The van der Waals surface area contributed by atoms with Gasteiger partial charge in [0, 0.05) is 21.2 Å². The van der Waals surface area contributed by atoms with E-state index in [1.807, 2.05) is 0 Å². The lowest BCUT2D eigenvalue weighted by Crippen LogP contribution is -2.40. The molecular weight excluding hydrogens is 499 g/mol. The van der Waals surface area contributed by atoms with Gasteiger partial charge in [-0.25, -0.2) is 0 Å². The zero-order valence-corrected chi connectivity index (χ0v) is 19.1. The summed E-state index contributed by atoms with van der Waals surface area (Å²) < 4.78 is 3.06. The molecule has 9 heteroatoms. The maximum absolute atomic E-state index is 13.2. The number of alkyl halides is 1. The molecule has 0 saturated carbocycles. The first-order valence-electron chi connectivity index (χ1n) is 8.66. The lowest BCUT2D eigenvalue weighted by atomic mass is 9.97.